The molecule has 0 radical (unpaired) electrons. The number of halogens is 1. The van der Waals surface area contributed by atoms with Crippen molar-refractivity contribution in [3.8, 4) is 0 Å². The van der Waals surface area contributed by atoms with Crippen molar-refractivity contribution in [2.45, 2.75) is 12.6 Å². The Kier molecular flexibility index (Phi) is 4.77. The number of nitrogens with zero attached hydrogens (tertiary/aromatic N) is 5. The summed E-state index contributed by atoms with van der Waals surface area (Å²) < 4.78 is 7.94. The second-order valence-corrected chi connectivity index (χ2v) is 8.09. The molecule has 0 fully saturated rings. The molecule has 1 atom stereocenters. The molecule has 0 aliphatic heterocycles. The summed E-state index contributed by atoms with van der Waals surface area (Å²) in [6, 6.07) is 23.1. The van der Waals surface area contributed by atoms with Crippen molar-refractivity contribution in [1.82, 2.24) is 30.2 Å². The number of imidazole rings is 1. The van der Waals surface area contributed by atoms with E-state index in [4.69, 9.17) is 16.0 Å². The highest BCUT2D eigenvalue weighted by molar-refractivity contribution is 6.31. The first kappa shape index (κ1) is 19.5. The molecule has 9 heteroatoms. The van der Waals surface area contributed by atoms with E-state index in [0.29, 0.717) is 23.2 Å². The second-order valence-electron chi connectivity index (χ2n) is 7.68. The van der Waals surface area contributed by atoms with E-state index < -0.39 is 6.04 Å². The normalized spacial score (nSPS) is 12.4. The molecule has 0 bridgehead atoms. The summed E-state index contributed by atoms with van der Waals surface area (Å²) in [5.74, 6) is 1.31. The van der Waals surface area contributed by atoms with Gasteiger partial charge in [-0.05, 0) is 52.4 Å². The monoisotopic (exact) mass is 455 g/mol. The molecule has 33 heavy (non-hydrogen) atoms. The number of hydrogen-bond acceptors (Lipinski definition) is 6. The van der Waals surface area contributed by atoms with Crippen LogP contribution in [0.1, 0.15) is 23.2 Å². The third-order valence-electron chi connectivity index (χ3n) is 5.56. The summed E-state index contributed by atoms with van der Waals surface area (Å²) in [6.07, 6.45) is 1.68. The molecular weight excluding hydrogens is 438 g/mol. The third kappa shape index (κ3) is 3.70. The number of benzene rings is 3. The Labute approximate surface area is 193 Å². The van der Waals surface area contributed by atoms with Gasteiger partial charge in [0.25, 0.3) is 0 Å². The number of tetrazole rings is 1. The smallest absolute Gasteiger partial charge is 0.181 e. The quantitative estimate of drug-likeness (QED) is 0.358. The van der Waals surface area contributed by atoms with Crippen LogP contribution in [0.2, 0.25) is 5.02 Å². The number of nitrogens with one attached hydrogen (secondary N) is 2. The highest BCUT2D eigenvalue weighted by Gasteiger charge is 2.25. The first-order valence-electron chi connectivity index (χ1n) is 10.4. The maximum absolute atomic E-state index is 6.39. The molecule has 0 saturated heterocycles. The molecule has 162 valence electrons. The lowest BCUT2D eigenvalue weighted by Crippen LogP contribution is -2.19. The van der Waals surface area contributed by atoms with Crippen molar-refractivity contribution in [2.24, 2.45) is 0 Å². The Hall–Kier alpha value is -4.17. The van der Waals surface area contributed by atoms with E-state index >= 15 is 0 Å². The largest absolute Gasteiger partial charge is 0.458 e. The Balaban J connectivity index is 1.43. The van der Waals surface area contributed by atoms with E-state index in [1.54, 1.807) is 11.0 Å². The number of hydrogen-bond donors (Lipinski definition) is 2. The fraction of sp³-hybridized carbons (Fsp3) is 0.0833. The van der Waals surface area contributed by atoms with Crippen LogP contribution in [0.3, 0.4) is 0 Å². The summed E-state index contributed by atoms with van der Waals surface area (Å²) in [5.41, 5.74) is 4.41. The topological polar surface area (TPSA) is 97.5 Å². The molecule has 8 nitrogen and oxygen atoms in total. The molecule has 2 N–H and O–H groups in total. The number of fused-ring (bicyclic) bond motifs is 2. The zero-order chi connectivity index (χ0) is 22.2. The zero-order valence-corrected chi connectivity index (χ0v) is 18.1. The van der Waals surface area contributed by atoms with E-state index in [1.807, 2.05) is 72.8 Å². The molecule has 3 aromatic carbocycles. The van der Waals surface area contributed by atoms with Crippen LogP contribution in [0.5, 0.6) is 0 Å². The van der Waals surface area contributed by atoms with Gasteiger partial charge in [-0.15, -0.1) is 5.10 Å². The van der Waals surface area contributed by atoms with Gasteiger partial charge in [0.1, 0.15) is 17.4 Å². The summed E-state index contributed by atoms with van der Waals surface area (Å²) in [4.78, 5) is 7.47. The molecule has 0 aliphatic carbocycles. The van der Waals surface area contributed by atoms with Gasteiger partial charge in [0.2, 0.25) is 0 Å². The van der Waals surface area contributed by atoms with E-state index in [9.17, 15) is 0 Å². The van der Waals surface area contributed by atoms with Gasteiger partial charge < -0.3 is 14.7 Å². The zero-order valence-electron chi connectivity index (χ0n) is 17.3. The lowest BCUT2D eigenvalue weighted by atomic mass is 10.1. The fourth-order valence-corrected chi connectivity index (χ4v) is 4.11. The minimum atomic E-state index is -0.439. The van der Waals surface area contributed by atoms with Crippen LogP contribution in [0.4, 0.5) is 5.69 Å². The average Bonchev–Trinajstić information content (AvgIpc) is 3.58. The van der Waals surface area contributed by atoms with Gasteiger partial charge >= 0.3 is 0 Å². The summed E-state index contributed by atoms with van der Waals surface area (Å²) in [7, 11) is 0. The van der Waals surface area contributed by atoms with Crippen LogP contribution in [0.25, 0.3) is 22.0 Å². The number of H-pyrrole nitrogens is 1. The van der Waals surface area contributed by atoms with Gasteiger partial charge in [-0.3, -0.25) is 0 Å². The predicted octanol–water partition coefficient (Wildman–Crippen LogP) is 5.20. The maximum Gasteiger partial charge on any atom is 0.181 e. The van der Waals surface area contributed by atoms with Crippen molar-refractivity contribution >= 4 is 39.3 Å². The number of aromatic nitrogens is 6. The fourth-order valence-electron chi connectivity index (χ4n) is 3.91. The second kappa shape index (κ2) is 8.07. The number of para-hydroxylation sites is 1. The summed E-state index contributed by atoms with van der Waals surface area (Å²) in [5, 5.41) is 17.7. The Morgan fingerprint density at radius 3 is 2.82 bits per heavy atom. The summed E-state index contributed by atoms with van der Waals surface area (Å²) >= 11 is 6.39. The van der Waals surface area contributed by atoms with Crippen LogP contribution in [-0.2, 0) is 6.54 Å². The third-order valence-corrected chi connectivity index (χ3v) is 5.93. The van der Waals surface area contributed by atoms with Crippen molar-refractivity contribution in [2.75, 3.05) is 5.32 Å². The van der Waals surface area contributed by atoms with Gasteiger partial charge in [0.05, 0.1) is 23.9 Å². The molecule has 3 heterocycles. The Morgan fingerprint density at radius 2 is 1.91 bits per heavy atom. The molecule has 6 rings (SSSR count). The first-order valence-corrected chi connectivity index (χ1v) is 10.8. The van der Waals surface area contributed by atoms with Gasteiger partial charge in [0.15, 0.2) is 5.82 Å². The molecule has 6 aromatic rings. The van der Waals surface area contributed by atoms with Gasteiger partial charge in [-0.1, -0.05) is 48.0 Å². The van der Waals surface area contributed by atoms with Gasteiger partial charge in [0, 0.05) is 16.1 Å². The lowest BCUT2D eigenvalue weighted by Gasteiger charge is -2.18. The van der Waals surface area contributed by atoms with Gasteiger partial charge in [-0.25, -0.2) is 9.67 Å². The molecular formula is C24H18ClN7O. The van der Waals surface area contributed by atoms with E-state index in [1.165, 1.54) is 0 Å². The van der Waals surface area contributed by atoms with Crippen LogP contribution >= 0.6 is 11.6 Å². The van der Waals surface area contributed by atoms with Crippen molar-refractivity contribution < 1.29 is 4.42 Å². The summed E-state index contributed by atoms with van der Waals surface area (Å²) in [6.45, 7) is 0.429. The highest BCUT2D eigenvalue weighted by Crippen LogP contribution is 2.31. The van der Waals surface area contributed by atoms with Crippen LogP contribution in [0, 0.1) is 0 Å². The Bertz CT molecular complexity index is 1530. The average molecular weight is 456 g/mol. The standard InChI is InChI=1S/C24H18ClN7O/c25-18-7-3-1-6-16(18)13-32-24(29-30-31-32)23(22-11-15-5-2-4-8-21(15)33-22)28-17-9-10-19-20(12-17)27-14-26-19/h1-12,14,23,28H,13H2,(H,26,27). The number of aromatic amines is 1. The van der Waals surface area contributed by atoms with Crippen molar-refractivity contribution in [3.05, 3.63) is 101 Å². The van der Waals surface area contributed by atoms with Crippen LogP contribution in [0.15, 0.2) is 83.5 Å². The first-order chi connectivity index (χ1) is 16.2. The van der Waals surface area contributed by atoms with E-state index in [-0.39, 0.29) is 0 Å². The highest BCUT2D eigenvalue weighted by atomic mass is 35.5. The Morgan fingerprint density at radius 1 is 1.03 bits per heavy atom. The SMILES string of the molecule is Clc1ccccc1Cn1nnnc1C(Nc1ccc2[nH]cnc2c1)c1cc2ccccc2o1. The number of rotatable bonds is 6. The molecule has 0 saturated carbocycles. The number of furan rings is 1. The number of anilines is 1. The van der Waals surface area contributed by atoms with E-state index in [2.05, 4.69) is 30.8 Å². The molecule has 0 amide bonds. The predicted molar refractivity (Wildman–Crippen MR) is 126 cm³/mol. The maximum atomic E-state index is 6.39. The van der Waals surface area contributed by atoms with Crippen LogP contribution in [-0.4, -0.2) is 30.2 Å². The van der Waals surface area contributed by atoms with Crippen molar-refractivity contribution in [1.29, 1.82) is 0 Å². The van der Waals surface area contributed by atoms with Crippen LogP contribution < -0.4 is 5.32 Å². The minimum absolute atomic E-state index is 0.429. The molecule has 1 unspecified atom stereocenters. The molecule has 0 spiro atoms. The lowest BCUT2D eigenvalue weighted by molar-refractivity contribution is 0.511. The van der Waals surface area contributed by atoms with Crippen molar-refractivity contribution in [3.63, 3.8) is 0 Å². The molecule has 0 aliphatic rings. The van der Waals surface area contributed by atoms with Gasteiger partial charge in [-0.2, -0.15) is 0 Å². The van der Waals surface area contributed by atoms with E-state index in [0.717, 1.165) is 33.3 Å². The minimum Gasteiger partial charge on any atom is -0.458 e. The molecule has 3 aromatic heterocycles.